The number of rotatable bonds is 8. The van der Waals surface area contributed by atoms with Crippen LogP contribution in [0.25, 0.3) is 0 Å². The lowest BCUT2D eigenvalue weighted by Gasteiger charge is -2.12. The number of methoxy groups -OCH3 is 2. The van der Waals surface area contributed by atoms with Gasteiger partial charge in [-0.1, -0.05) is 12.1 Å². The molecule has 196 valence electrons. The van der Waals surface area contributed by atoms with Crippen molar-refractivity contribution in [1.82, 2.24) is 5.43 Å². The summed E-state index contributed by atoms with van der Waals surface area (Å²) in [5.74, 6) is -1.95. The van der Waals surface area contributed by atoms with E-state index in [2.05, 4.69) is 21.2 Å². The predicted molar refractivity (Wildman–Crippen MR) is 141 cm³/mol. The number of para-hydroxylation sites is 1. The maximum absolute atomic E-state index is 12.6. The monoisotopic (exact) mass is 518 g/mol. The lowest BCUT2D eigenvalue weighted by Crippen LogP contribution is -2.32. The summed E-state index contributed by atoms with van der Waals surface area (Å²) in [6, 6.07) is 17.6. The topological polar surface area (TPSA) is 144 Å². The number of esters is 1. The molecule has 38 heavy (non-hydrogen) atoms. The number of carbonyl (C=O) groups is 4. The fraction of sp³-hybridized carbons (Fsp3) is 0.148. The minimum Gasteiger partial charge on any atom is -0.496 e. The molecule has 0 aliphatic heterocycles. The lowest BCUT2D eigenvalue weighted by molar-refractivity contribution is -0.136. The number of ether oxygens (including phenoxy) is 3. The van der Waals surface area contributed by atoms with Gasteiger partial charge < -0.3 is 24.8 Å². The molecule has 0 aliphatic carbocycles. The van der Waals surface area contributed by atoms with Gasteiger partial charge in [0.15, 0.2) is 11.5 Å². The Morgan fingerprint density at radius 1 is 0.711 bits per heavy atom. The first kappa shape index (κ1) is 27.4. The van der Waals surface area contributed by atoms with Crippen LogP contribution in [-0.2, 0) is 14.4 Å². The van der Waals surface area contributed by atoms with Crippen LogP contribution < -0.4 is 30.3 Å². The molecule has 0 fully saturated rings. The quantitative estimate of drug-likeness (QED) is 0.136. The number of nitrogens with one attached hydrogen (secondary N) is 3. The molecule has 3 rings (SSSR count). The van der Waals surface area contributed by atoms with Crippen LogP contribution >= 0.6 is 0 Å². The smallest absolute Gasteiger partial charge is 0.347 e. The molecule has 11 heteroatoms. The number of amides is 3. The number of benzene rings is 3. The Hall–Kier alpha value is -5.19. The van der Waals surface area contributed by atoms with Crippen molar-refractivity contribution < 1.29 is 33.4 Å². The fourth-order valence-electron chi connectivity index (χ4n) is 3.22. The van der Waals surface area contributed by atoms with E-state index in [1.807, 2.05) is 0 Å². The molecule has 0 unspecified atom stereocenters. The zero-order valence-electron chi connectivity index (χ0n) is 21.2. The van der Waals surface area contributed by atoms with Crippen LogP contribution in [0.2, 0.25) is 0 Å². The van der Waals surface area contributed by atoms with Crippen molar-refractivity contribution in [3.63, 3.8) is 0 Å². The van der Waals surface area contributed by atoms with Gasteiger partial charge in [-0.2, -0.15) is 5.10 Å². The Morgan fingerprint density at radius 2 is 1.34 bits per heavy atom. The Labute approximate surface area is 218 Å². The van der Waals surface area contributed by atoms with Gasteiger partial charge >= 0.3 is 17.8 Å². The maximum atomic E-state index is 12.6. The lowest BCUT2D eigenvalue weighted by atomic mass is 10.1. The molecule has 0 spiro atoms. The Balaban J connectivity index is 1.64. The summed E-state index contributed by atoms with van der Waals surface area (Å²) in [4.78, 5) is 48.1. The minimum absolute atomic E-state index is 0.174. The van der Waals surface area contributed by atoms with Crippen LogP contribution in [0.15, 0.2) is 71.8 Å². The van der Waals surface area contributed by atoms with Crippen molar-refractivity contribution in [2.24, 2.45) is 5.10 Å². The van der Waals surface area contributed by atoms with Gasteiger partial charge in [0.2, 0.25) is 5.91 Å². The highest BCUT2D eigenvalue weighted by Crippen LogP contribution is 2.30. The van der Waals surface area contributed by atoms with Crippen molar-refractivity contribution in [3.05, 3.63) is 77.9 Å². The third-order valence-corrected chi connectivity index (χ3v) is 5.11. The van der Waals surface area contributed by atoms with E-state index in [1.54, 1.807) is 67.6 Å². The van der Waals surface area contributed by atoms with Crippen LogP contribution in [0.4, 0.5) is 11.4 Å². The molecule has 3 amide bonds. The molecule has 0 atom stereocenters. The average Bonchev–Trinajstić information content (AvgIpc) is 2.92. The van der Waals surface area contributed by atoms with Crippen LogP contribution in [0, 0.1) is 0 Å². The predicted octanol–water partition coefficient (Wildman–Crippen LogP) is 3.36. The first-order valence-corrected chi connectivity index (χ1v) is 11.3. The Morgan fingerprint density at radius 3 is 1.97 bits per heavy atom. The largest absolute Gasteiger partial charge is 0.496 e. The van der Waals surface area contributed by atoms with E-state index in [4.69, 9.17) is 14.2 Å². The Bertz CT molecular complexity index is 1380. The normalized spacial score (nSPS) is 10.7. The number of hydrogen-bond donors (Lipinski definition) is 3. The van der Waals surface area contributed by atoms with E-state index < -0.39 is 17.8 Å². The zero-order chi connectivity index (χ0) is 27.7. The SMILES string of the molecule is COc1cc(/C(C)=N/NC(=O)C(=O)Nc2ccc(NC(C)=O)cc2)ccc1OC(=O)c1ccccc1OC. The molecule has 3 N–H and O–H groups in total. The summed E-state index contributed by atoms with van der Waals surface area (Å²) in [5.41, 5.74) is 4.28. The number of nitrogens with zero attached hydrogens (tertiary/aromatic N) is 1. The summed E-state index contributed by atoms with van der Waals surface area (Å²) in [7, 11) is 2.87. The van der Waals surface area contributed by atoms with Gasteiger partial charge in [-0.25, -0.2) is 10.2 Å². The van der Waals surface area contributed by atoms with E-state index >= 15 is 0 Å². The summed E-state index contributed by atoms with van der Waals surface area (Å²) < 4.78 is 16.0. The average molecular weight is 519 g/mol. The van der Waals surface area contributed by atoms with E-state index in [9.17, 15) is 19.2 Å². The van der Waals surface area contributed by atoms with Gasteiger partial charge in [-0.15, -0.1) is 0 Å². The van der Waals surface area contributed by atoms with Gasteiger partial charge in [-0.05, 0) is 61.5 Å². The molecule has 0 saturated heterocycles. The zero-order valence-corrected chi connectivity index (χ0v) is 21.2. The van der Waals surface area contributed by atoms with E-state index in [0.29, 0.717) is 28.4 Å². The molecular weight excluding hydrogens is 492 g/mol. The second kappa shape index (κ2) is 12.7. The summed E-state index contributed by atoms with van der Waals surface area (Å²) in [6.07, 6.45) is 0. The standard InChI is InChI=1S/C27H26N4O7/c1-16(30-31-26(34)25(33)29-20-12-10-19(11-13-20)28-17(2)32)18-9-14-23(24(15-18)37-4)38-27(35)21-7-5-6-8-22(21)36-3/h5-15H,1-4H3,(H,28,32)(H,29,33)(H,31,34)/b30-16+. The third kappa shape index (κ3) is 7.17. The number of hydrogen-bond acceptors (Lipinski definition) is 8. The number of hydrazone groups is 1. The van der Waals surface area contributed by atoms with E-state index in [1.165, 1.54) is 27.2 Å². The van der Waals surface area contributed by atoms with Crippen molar-refractivity contribution in [1.29, 1.82) is 0 Å². The van der Waals surface area contributed by atoms with Crippen molar-refractivity contribution in [2.45, 2.75) is 13.8 Å². The molecule has 0 bridgehead atoms. The summed E-state index contributed by atoms with van der Waals surface area (Å²) >= 11 is 0. The second-order valence-corrected chi connectivity index (χ2v) is 7.81. The van der Waals surface area contributed by atoms with Crippen molar-refractivity contribution in [3.8, 4) is 17.2 Å². The van der Waals surface area contributed by atoms with Crippen molar-refractivity contribution in [2.75, 3.05) is 24.9 Å². The van der Waals surface area contributed by atoms with Crippen LogP contribution in [-0.4, -0.2) is 43.6 Å². The molecule has 3 aromatic rings. The van der Waals surface area contributed by atoms with Gasteiger partial charge in [0.25, 0.3) is 0 Å². The third-order valence-electron chi connectivity index (χ3n) is 5.11. The molecule has 0 aromatic heterocycles. The van der Waals surface area contributed by atoms with Crippen LogP contribution in [0.3, 0.4) is 0 Å². The van der Waals surface area contributed by atoms with Gasteiger partial charge in [0.1, 0.15) is 11.3 Å². The first-order valence-electron chi connectivity index (χ1n) is 11.3. The Kier molecular flexibility index (Phi) is 9.14. The molecule has 0 aliphatic rings. The maximum Gasteiger partial charge on any atom is 0.347 e. The summed E-state index contributed by atoms with van der Waals surface area (Å²) in [5, 5.41) is 9.01. The fourth-order valence-corrected chi connectivity index (χ4v) is 3.22. The van der Waals surface area contributed by atoms with E-state index in [-0.39, 0.29) is 23.0 Å². The van der Waals surface area contributed by atoms with Crippen LogP contribution in [0.1, 0.15) is 29.8 Å². The number of carbonyl (C=O) groups excluding carboxylic acids is 4. The van der Waals surface area contributed by atoms with Crippen molar-refractivity contribution >= 4 is 40.8 Å². The molecular formula is C27H26N4O7. The molecule has 3 aromatic carbocycles. The molecule has 0 radical (unpaired) electrons. The molecule has 0 heterocycles. The highest BCUT2D eigenvalue weighted by molar-refractivity contribution is 6.39. The highest BCUT2D eigenvalue weighted by Gasteiger charge is 2.18. The van der Waals surface area contributed by atoms with E-state index in [0.717, 1.165) is 0 Å². The number of anilines is 2. The van der Waals surface area contributed by atoms with Gasteiger partial charge in [-0.3, -0.25) is 14.4 Å². The summed E-state index contributed by atoms with van der Waals surface area (Å²) in [6.45, 7) is 3.00. The second-order valence-electron chi connectivity index (χ2n) is 7.81. The van der Waals surface area contributed by atoms with Crippen LogP contribution in [0.5, 0.6) is 17.2 Å². The molecule has 11 nitrogen and oxygen atoms in total. The minimum atomic E-state index is -0.982. The van der Waals surface area contributed by atoms with Gasteiger partial charge in [0.05, 0.1) is 19.9 Å². The molecule has 0 saturated carbocycles. The first-order chi connectivity index (χ1) is 18.2. The van der Waals surface area contributed by atoms with Gasteiger partial charge in [0, 0.05) is 23.9 Å². The highest BCUT2D eigenvalue weighted by atomic mass is 16.6.